The number of unbranched alkanes of at least 4 members (excludes halogenated alkanes) is 32. The molecule has 0 amide bonds. The fraction of sp³-hybridized carbons (Fsp3) is 0.653. The van der Waals surface area contributed by atoms with Gasteiger partial charge in [-0.3, -0.25) is 32.5 Å². The molecule has 0 radical (unpaired) electrons. The Bertz CT molecular complexity index is 2940. The first-order valence-corrected chi connectivity index (χ1v) is 49.7. The number of aliphatic hydroxyl groups excluding tert-OH is 2. The van der Waals surface area contributed by atoms with Gasteiger partial charge in [0.05, 0.1) is 26.4 Å². The summed E-state index contributed by atoms with van der Waals surface area (Å²) >= 11 is 0. The maximum absolute atomic E-state index is 13.0. The Hall–Kier alpha value is -5.61. The second-order valence-electron chi connectivity index (χ2n) is 30.7. The van der Waals surface area contributed by atoms with E-state index in [-0.39, 0.29) is 19.3 Å². The fourth-order valence-corrected chi connectivity index (χ4v) is 13.9. The summed E-state index contributed by atoms with van der Waals surface area (Å²) in [7, 11) is -9.83. The van der Waals surface area contributed by atoms with Crippen molar-refractivity contribution in [2.75, 3.05) is 39.6 Å². The topological polar surface area (TPSA) is 231 Å². The molecule has 0 aliphatic heterocycles. The molecular weight excluding hydrogens is 1530 g/mol. The molecule has 0 spiro atoms. The van der Waals surface area contributed by atoms with E-state index in [0.717, 1.165) is 173 Å². The van der Waals surface area contributed by atoms with Crippen molar-refractivity contribution in [3.05, 3.63) is 194 Å². The number of carbonyl (C=O) groups excluding carboxylic acids is 3. The second-order valence-corrected chi connectivity index (χ2v) is 33.6. The number of phosphoric acid groups is 2. The Morgan fingerprint density at radius 1 is 0.235 bits per heavy atom. The molecule has 0 aliphatic rings. The molecule has 0 bridgehead atoms. The average Bonchev–Trinajstić information content (AvgIpc) is 0.902. The summed E-state index contributed by atoms with van der Waals surface area (Å²) in [5.41, 5.74) is 0. The van der Waals surface area contributed by atoms with E-state index in [2.05, 4.69) is 215 Å². The number of hydrogen-bond acceptors (Lipinski definition) is 14. The molecule has 5 atom stereocenters. The van der Waals surface area contributed by atoms with Crippen LogP contribution in [0.4, 0.5) is 0 Å². The normalized spacial score (nSPS) is 14.6. The van der Waals surface area contributed by atoms with Crippen LogP contribution >= 0.6 is 15.6 Å². The molecule has 0 fully saturated rings. The summed E-state index contributed by atoms with van der Waals surface area (Å²) < 4.78 is 61.4. The first-order chi connectivity index (χ1) is 58.2. The van der Waals surface area contributed by atoms with Crippen LogP contribution in [0.5, 0.6) is 0 Å². The maximum atomic E-state index is 13.0. The Balaban J connectivity index is 4.54. The van der Waals surface area contributed by atoms with E-state index >= 15 is 0 Å². The zero-order valence-corrected chi connectivity index (χ0v) is 76.5. The lowest BCUT2D eigenvalue weighted by molar-refractivity contribution is -0.161. The number of ether oxygens (including phenoxy) is 3. The van der Waals surface area contributed by atoms with Crippen molar-refractivity contribution in [3.8, 4) is 0 Å². The second kappa shape index (κ2) is 91.6. The van der Waals surface area contributed by atoms with Crippen LogP contribution in [0.1, 0.15) is 367 Å². The lowest BCUT2D eigenvalue weighted by Gasteiger charge is -2.21. The Labute approximate surface area is 725 Å². The average molecular weight is 1700 g/mol. The number of hydrogen-bond donors (Lipinski definition) is 4. The molecule has 0 aromatic heterocycles. The van der Waals surface area contributed by atoms with Crippen molar-refractivity contribution in [3.63, 3.8) is 0 Å². The van der Waals surface area contributed by atoms with E-state index in [1.54, 1.807) is 0 Å². The van der Waals surface area contributed by atoms with Gasteiger partial charge in [-0.15, -0.1) is 0 Å². The highest BCUT2D eigenvalue weighted by Crippen LogP contribution is 2.45. The summed E-state index contributed by atoms with van der Waals surface area (Å²) in [6, 6.07) is 0. The molecule has 18 heteroatoms. The molecule has 119 heavy (non-hydrogen) atoms. The van der Waals surface area contributed by atoms with Crippen LogP contribution in [0.3, 0.4) is 0 Å². The summed E-state index contributed by atoms with van der Waals surface area (Å²) in [6.45, 7) is 2.32. The van der Waals surface area contributed by atoms with Crippen molar-refractivity contribution in [2.24, 2.45) is 0 Å². The highest BCUT2D eigenvalue weighted by Gasteiger charge is 2.29. The third kappa shape index (κ3) is 92.9. The standard InChI is InChI=1S/C101H168O16P2/c1-4-7-10-13-16-19-22-25-28-31-34-36-38-40-42-44-45-46-47-48-49-51-53-54-56-58-61-63-66-69-72-75-78-81-84-87-99(104)111-90-96(102)91-113-118(107,108)114-92-97(103)93-115-119(109,110)116-95-98(117-101(106)89-86-83-80-77-74-71-68-65-60-33-30-27-24-21-18-15-12-9-6-3)94-112-100(105)88-85-82-79-76-73-70-67-64-62-59-57-55-52-50-43-41-39-37-35-32-29-26-23-20-17-14-11-8-5-2/h7-12,16-21,25-30,34-37,40-43,52,55,60,65,71,74,96-98,102-103H,4-6,13-15,22-24,31-33,38-39,44-51,53-54,56-59,61-64,66-70,72-73,75-95H2,1-3H3,(H,107,108)(H,109,110)/b10-7-,11-8-,12-9-,19-16-,20-17-,21-18-,28-25-,29-26-,30-27-,36-34-,37-35-,42-40-,43-41-,55-52-,65-60-,74-71-. The van der Waals surface area contributed by atoms with Gasteiger partial charge in [0.15, 0.2) is 6.10 Å². The number of carbonyl (C=O) groups is 3. The first-order valence-electron chi connectivity index (χ1n) is 46.7. The van der Waals surface area contributed by atoms with Crippen molar-refractivity contribution in [2.45, 2.75) is 386 Å². The van der Waals surface area contributed by atoms with Gasteiger partial charge in [0.2, 0.25) is 0 Å². The summed E-state index contributed by atoms with van der Waals surface area (Å²) in [5.74, 6) is -1.62. The lowest BCUT2D eigenvalue weighted by Crippen LogP contribution is -2.30. The number of allylic oxidation sites excluding steroid dienone is 32. The van der Waals surface area contributed by atoms with E-state index in [4.69, 9.17) is 32.3 Å². The molecular formula is C101H168O16P2. The Morgan fingerprint density at radius 2 is 0.420 bits per heavy atom. The van der Waals surface area contributed by atoms with Crippen LogP contribution in [-0.2, 0) is 55.8 Å². The third-order valence-electron chi connectivity index (χ3n) is 19.3. The predicted octanol–water partition coefficient (Wildman–Crippen LogP) is 29.0. The van der Waals surface area contributed by atoms with Crippen LogP contribution in [0.2, 0.25) is 0 Å². The molecule has 0 saturated heterocycles. The smallest absolute Gasteiger partial charge is 0.463 e. The van der Waals surface area contributed by atoms with Gasteiger partial charge in [-0.1, -0.05) is 382 Å². The van der Waals surface area contributed by atoms with Gasteiger partial charge in [0, 0.05) is 19.3 Å². The quantitative estimate of drug-likeness (QED) is 0.0146. The van der Waals surface area contributed by atoms with Crippen LogP contribution < -0.4 is 0 Å². The number of aliphatic hydroxyl groups is 2. The van der Waals surface area contributed by atoms with E-state index in [9.17, 15) is 43.5 Å². The molecule has 4 N–H and O–H groups in total. The van der Waals surface area contributed by atoms with Crippen molar-refractivity contribution < 1.29 is 75.8 Å². The maximum Gasteiger partial charge on any atom is 0.472 e. The number of esters is 3. The van der Waals surface area contributed by atoms with Crippen molar-refractivity contribution in [1.82, 2.24) is 0 Å². The minimum Gasteiger partial charge on any atom is -0.463 e. The van der Waals surface area contributed by atoms with E-state index in [1.807, 2.05) is 0 Å². The molecule has 0 saturated carbocycles. The molecule has 0 aromatic carbocycles. The third-order valence-corrected chi connectivity index (χ3v) is 21.2. The zero-order chi connectivity index (χ0) is 86.5. The summed E-state index contributed by atoms with van der Waals surface area (Å²) in [4.78, 5) is 59.0. The SMILES string of the molecule is CC/C=C\C/C=C\C/C=C\C/C=C\C/C=C\C/C=C\CCCCCCCCCCCCC(=O)OCC(COP(=O)(O)OCC(O)COP(=O)(O)OCC(O)COC(=O)CCCCCCCCCCCCCCCCCCCCC/C=C\C/C=C\C/C=C\C/C=C\C/C=C\CC)OC(=O)CCCCC/C=C\C/C=C\C/C=C\C/C=C\C/C=C\CC. The first kappa shape index (κ1) is 113. The van der Waals surface area contributed by atoms with Gasteiger partial charge in [0.25, 0.3) is 0 Å². The van der Waals surface area contributed by atoms with Crippen molar-refractivity contribution in [1.29, 1.82) is 0 Å². The molecule has 16 nitrogen and oxygen atoms in total. The van der Waals surface area contributed by atoms with E-state index in [1.165, 1.54) is 135 Å². The number of rotatable bonds is 87. The summed E-state index contributed by atoms with van der Waals surface area (Å²) in [5, 5.41) is 20.7. The largest absolute Gasteiger partial charge is 0.472 e. The van der Waals surface area contributed by atoms with Gasteiger partial charge < -0.3 is 34.2 Å². The van der Waals surface area contributed by atoms with Crippen LogP contribution in [0.25, 0.3) is 0 Å². The van der Waals surface area contributed by atoms with Crippen LogP contribution in [0.15, 0.2) is 194 Å². The van der Waals surface area contributed by atoms with E-state index < -0.39 is 91.5 Å². The molecule has 0 aliphatic carbocycles. The minimum atomic E-state index is -4.96. The highest BCUT2D eigenvalue weighted by molar-refractivity contribution is 7.47. The Morgan fingerprint density at radius 3 is 0.672 bits per heavy atom. The predicted molar refractivity (Wildman–Crippen MR) is 500 cm³/mol. The zero-order valence-electron chi connectivity index (χ0n) is 74.7. The molecule has 678 valence electrons. The molecule has 5 unspecified atom stereocenters. The molecule has 0 aromatic rings. The van der Waals surface area contributed by atoms with E-state index in [0.29, 0.717) is 19.3 Å². The minimum absolute atomic E-state index is 0.0586. The van der Waals surface area contributed by atoms with Crippen LogP contribution in [0, 0.1) is 0 Å². The van der Waals surface area contributed by atoms with Gasteiger partial charge in [-0.25, -0.2) is 9.13 Å². The fourth-order valence-electron chi connectivity index (χ4n) is 12.3. The van der Waals surface area contributed by atoms with Gasteiger partial charge in [-0.05, 0) is 161 Å². The lowest BCUT2D eigenvalue weighted by atomic mass is 10.0. The number of phosphoric ester groups is 2. The highest BCUT2D eigenvalue weighted by atomic mass is 31.2. The summed E-state index contributed by atoms with van der Waals surface area (Å²) in [6.07, 6.45) is 122. The van der Waals surface area contributed by atoms with Gasteiger partial charge in [0.1, 0.15) is 25.4 Å². The van der Waals surface area contributed by atoms with Crippen LogP contribution in [-0.4, -0.2) is 95.9 Å². The van der Waals surface area contributed by atoms with Crippen molar-refractivity contribution >= 4 is 33.6 Å². The van der Waals surface area contributed by atoms with Gasteiger partial charge >= 0.3 is 33.6 Å². The monoisotopic (exact) mass is 1700 g/mol. The Kier molecular flexibility index (Phi) is 87.3. The van der Waals surface area contributed by atoms with Gasteiger partial charge in [-0.2, -0.15) is 0 Å². The molecule has 0 rings (SSSR count). The molecule has 0 heterocycles.